The standard InChI is InChI=1S/C19H18N4O/c24-18(9-8-17-10-12-21-14-22-17)23-19(15-5-2-1-3-6-15)16-7-4-11-20-13-16/h1-7,10-14,19H,8-9H2,(H,23,24)/t19-/m0/s1. The zero-order chi connectivity index (χ0) is 16.6. The van der Waals surface area contributed by atoms with Gasteiger partial charge in [-0.15, -0.1) is 0 Å². The van der Waals surface area contributed by atoms with E-state index >= 15 is 0 Å². The number of nitrogens with zero attached hydrogens (tertiary/aromatic N) is 3. The van der Waals surface area contributed by atoms with Gasteiger partial charge < -0.3 is 5.32 Å². The average molecular weight is 318 g/mol. The molecule has 0 radical (unpaired) electrons. The smallest absolute Gasteiger partial charge is 0.221 e. The Morgan fingerprint density at radius 3 is 2.50 bits per heavy atom. The lowest BCUT2D eigenvalue weighted by atomic mass is 10.00. The van der Waals surface area contributed by atoms with E-state index < -0.39 is 0 Å². The fourth-order valence-corrected chi connectivity index (χ4v) is 2.49. The van der Waals surface area contributed by atoms with Gasteiger partial charge in [0.15, 0.2) is 0 Å². The highest BCUT2D eigenvalue weighted by Crippen LogP contribution is 2.21. The highest BCUT2D eigenvalue weighted by molar-refractivity contribution is 5.77. The average Bonchev–Trinajstić information content (AvgIpc) is 2.67. The normalized spacial score (nSPS) is 11.7. The Labute approximate surface area is 140 Å². The number of nitrogens with one attached hydrogen (secondary N) is 1. The molecule has 0 spiro atoms. The maximum Gasteiger partial charge on any atom is 0.221 e. The Kier molecular flexibility index (Phi) is 5.24. The van der Waals surface area contributed by atoms with Crippen LogP contribution in [-0.2, 0) is 11.2 Å². The SMILES string of the molecule is O=C(CCc1ccncn1)N[C@@H](c1ccccc1)c1cccnc1. The van der Waals surface area contributed by atoms with Crippen molar-refractivity contribution in [2.24, 2.45) is 0 Å². The maximum absolute atomic E-state index is 12.4. The summed E-state index contributed by atoms with van der Waals surface area (Å²) in [6, 6.07) is 15.3. The van der Waals surface area contributed by atoms with Crippen molar-refractivity contribution in [3.63, 3.8) is 0 Å². The third kappa shape index (κ3) is 4.23. The van der Waals surface area contributed by atoms with E-state index in [1.807, 2.05) is 48.5 Å². The first-order valence-electron chi connectivity index (χ1n) is 7.82. The Hall–Kier alpha value is -3.08. The van der Waals surface area contributed by atoms with Crippen LogP contribution in [0.4, 0.5) is 0 Å². The molecular weight excluding hydrogens is 300 g/mol. The van der Waals surface area contributed by atoms with E-state index in [0.717, 1.165) is 16.8 Å². The van der Waals surface area contributed by atoms with Crippen molar-refractivity contribution in [1.82, 2.24) is 20.3 Å². The number of aromatic nitrogens is 3. The molecule has 5 nitrogen and oxygen atoms in total. The van der Waals surface area contributed by atoms with E-state index in [0.29, 0.717) is 12.8 Å². The van der Waals surface area contributed by atoms with E-state index in [1.54, 1.807) is 18.6 Å². The first-order chi connectivity index (χ1) is 11.8. The van der Waals surface area contributed by atoms with E-state index in [2.05, 4.69) is 20.3 Å². The van der Waals surface area contributed by atoms with Gasteiger partial charge in [-0.05, 0) is 29.7 Å². The molecule has 1 amide bonds. The van der Waals surface area contributed by atoms with Crippen LogP contribution < -0.4 is 5.32 Å². The zero-order valence-corrected chi connectivity index (χ0v) is 13.2. The minimum atomic E-state index is -0.210. The Morgan fingerprint density at radius 2 is 1.79 bits per heavy atom. The molecule has 0 saturated carbocycles. The number of rotatable bonds is 6. The predicted molar refractivity (Wildman–Crippen MR) is 91.0 cm³/mol. The molecule has 0 aliphatic carbocycles. The molecule has 5 heteroatoms. The fraction of sp³-hybridized carbons (Fsp3) is 0.158. The third-order valence-corrected chi connectivity index (χ3v) is 3.71. The molecule has 0 fully saturated rings. The van der Waals surface area contributed by atoms with Crippen LogP contribution in [0.15, 0.2) is 73.4 Å². The van der Waals surface area contributed by atoms with Crippen molar-refractivity contribution in [3.8, 4) is 0 Å². The van der Waals surface area contributed by atoms with Crippen molar-refractivity contribution in [2.75, 3.05) is 0 Å². The first kappa shape index (κ1) is 15.8. The fourth-order valence-electron chi connectivity index (χ4n) is 2.49. The summed E-state index contributed by atoms with van der Waals surface area (Å²) in [5, 5.41) is 3.10. The molecule has 1 atom stereocenters. The van der Waals surface area contributed by atoms with Crippen molar-refractivity contribution in [3.05, 3.63) is 90.3 Å². The topological polar surface area (TPSA) is 67.8 Å². The molecule has 24 heavy (non-hydrogen) atoms. The number of hydrogen-bond acceptors (Lipinski definition) is 4. The number of aryl methyl sites for hydroxylation is 1. The molecule has 0 aliphatic rings. The Bertz CT molecular complexity index is 724. The third-order valence-electron chi connectivity index (χ3n) is 3.71. The van der Waals surface area contributed by atoms with E-state index in [-0.39, 0.29) is 11.9 Å². The number of amides is 1. The Morgan fingerprint density at radius 1 is 0.958 bits per heavy atom. The molecular formula is C19H18N4O. The molecule has 3 rings (SSSR count). The minimum Gasteiger partial charge on any atom is -0.345 e. The molecule has 2 aromatic heterocycles. The number of benzene rings is 1. The summed E-state index contributed by atoms with van der Waals surface area (Å²) < 4.78 is 0. The second kappa shape index (κ2) is 7.97. The first-order valence-corrected chi connectivity index (χ1v) is 7.82. The second-order valence-corrected chi connectivity index (χ2v) is 5.40. The zero-order valence-electron chi connectivity index (χ0n) is 13.2. The van der Waals surface area contributed by atoms with Gasteiger partial charge in [-0.2, -0.15) is 0 Å². The summed E-state index contributed by atoms with van der Waals surface area (Å²) in [5.74, 6) is -0.0219. The van der Waals surface area contributed by atoms with Crippen LogP contribution in [0.25, 0.3) is 0 Å². The van der Waals surface area contributed by atoms with Gasteiger partial charge in [0.1, 0.15) is 6.33 Å². The molecule has 0 aliphatic heterocycles. The lowest BCUT2D eigenvalue weighted by Crippen LogP contribution is -2.29. The highest BCUT2D eigenvalue weighted by atomic mass is 16.1. The van der Waals surface area contributed by atoms with E-state index in [9.17, 15) is 4.79 Å². The molecule has 3 aromatic rings. The van der Waals surface area contributed by atoms with Crippen LogP contribution in [0, 0.1) is 0 Å². The van der Waals surface area contributed by atoms with Crippen LogP contribution in [0.3, 0.4) is 0 Å². The number of pyridine rings is 1. The number of hydrogen-bond donors (Lipinski definition) is 1. The molecule has 120 valence electrons. The lowest BCUT2D eigenvalue weighted by Gasteiger charge is -2.19. The molecule has 1 N–H and O–H groups in total. The van der Waals surface area contributed by atoms with Crippen LogP contribution in [0.5, 0.6) is 0 Å². The summed E-state index contributed by atoms with van der Waals surface area (Å²) in [7, 11) is 0. The van der Waals surface area contributed by atoms with Gasteiger partial charge >= 0.3 is 0 Å². The molecule has 0 bridgehead atoms. The number of carbonyl (C=O) groups excluding carboxylic acids is 1. The van der Waals surface area contributed by atoms with Gasteiger partial charge in [-0.3, -0.25) is 9.78 Å². The van der Waals surface area contributed by atoms with Crippen molar-refractivity contribution < 1.29 is 4.79 Å². The molecule has 0 saturated heterocycles. The summed E-state index contributed by atoms with van der Waals surface area (Å²) in [5.41, 5.74) is 2.85. The second-order valence-electron chi connectivity index (χ2n) is 5.40. The highest BCUT2D eigenvalue weighted by Gasteiger charge is 2.16. The lowest BCUT2D eigenvalue weighted by molar-refractivity contribution is -0.121. The van der Waals surface area contributed by atoms with Gasteiger partial charge in [0, 0.05) is 30.7 Å². The predicted octanol–water partition coefficient (Wildman–Crippen LogP) is 2.71. The van der Waals surface area contributed by atoms with Crippen LogP contribution >= 0.6 is 0 Å². The van der Waals surface area contributed by atoms with Gasteiger partial charge in [0.25, 0.3) is 0 Å². The van der Waals surface area contributed by atoms with Gasteiger partial charge in [0.05, 0.1) is 6.04 Å². The van der Waals surface area contributed by atoms with Gasteiger partial charge in [-0.1, -0.05) is 36.4 Å². The Balaban J connectivity index is 1.71. The number of carbonyl (C=O) groups is 1. The summed E-state index contributed by atoms with van der Waals surface area (Å²) in [6.07, 6.45) is 7.65. The van der Waals surface area contributed by atoms with E-state index in [4.69, 9.17) is 0 Å². The van der Waals surface area contributed by atoms with Gasteiger partial charge in [0.2, 0.25) is 5.91 Å². The van der Waals surface area contributed by atoms with Crippen LogP contribution in [0.2, 0.25) is 0 Å². The minimum absolute atomic E-state index is 0.0219. The summed E-state index contributed by atoms with van der Waals surface area (Å²) >= 11 is 0. The molecule has 2 heterocycles. The quantitative estimate of drug-likeness (QED) is 0.759. The van der Waals surface area contributed by atoms with Crippen LogP contribution in [0.1, 0.15) is 29.3 Å². The van der Waals surface area contributed by atoms with Crippen molar-refractivity contribution in [2.45, 2.75) is 18.9 Å². The van der Waals surface area contributed by atoms with Crippen LogP contribution in [-0.4, -0.2) is 20.9 Å². The van der Waals surface area contributed by atoms with E-state index in [1.165, 1.54) is 6.33 Å². The van der Waals surface area contributed by atoms with Gasteiger partial charge in [-0.25, -0.2) is 9.97 Å². The summed E-state index contributed by atoms with van der Waals surface area (Å²) in [4.78, 5) is 24.6. The molecule has 1 aromatic carbocycles. The maximum atomic E-state index is 12.4. The monoisotopic (exact) mass is 318 g/mol. The largest absolute Gasteiger partial charge is 0.345 e. The molecule has 0 unspecified atom stereocenters. The summed E-state index contributed by atoms with van der Waals surface area (Å²) in [6.45, 7) is 0. The van der Waals surface area contributed by atoms with Crippen molar-refractivity contribution in [1.29, 1.82) is 0 Å². The van der Waals surface area contributed by atoms with Crippen molar-refractivity contribution >= 4 is 5.91 Å².